The topological polar surface area (TPSA) is 51.5 Å². The third-order valence-electron chi connectivity index (χ3n) is 5.29. The van der Waals surface area contributed by atoms with Crippen LogP contribution < -0.4 is 5.32 Å². The highest BCUT2D eigenvalue weighted by molar-refractivity contribution is 5.29. The van der Waals surface area contributed by atoms with Crippen molar-refractivity contribution in [2.24, 2.45) is 5.41 Å². The second-order valence-electron chi connectivity index (χ2n) is 7.34. The van der Waals surface area contributed by atoms with Gasteiger partial charge >= 0.3 is 0 Å². The lowest BCUT2D eigenvalue weighted by atomic mass is 9.64. The molecule has 0 spiro atoms. The molecule has 0 radical (unpaired) electrons. The fourth-order valence-corrected chi connectivity index (χ4v) is 3.48. The molecule has 0 aliphatic heterocycles. The molecule has 1 aromatic carbocycles. The highest BCUT2D eigenvalue weighted by atomic mass is 16.5. The molecule has 25 heavy (non-hydrogen) atoms. The van der Waals surface area contributed by atoms with Gasteiger partial charge in [-0.2, -0.15) is 0 Å². The summed E-state index contributed by atoms with van der Waals surface area (Å²) in [4.78, 5) is 8.80. The molecular weight excluding hydrogens is 312 g/mol. The Balaban J connectivity index is 1.30. The van der Waals surface area contributed by atoms with Crippen molar-refractivity contribution < 1.29 is 4.74 Å². The van der Waals surface area contributed by atoms with Gasteiger partial charge in [0.15, 0.2) is 0 Å². The summed E-state index contributed by atoms with van der Waals surface area (Å²) in [5.74, 6) is 0.747. The maximum Gasteiger partial charge on any atom is 0.233 e. The molecule has 0 amide bonds. The molecule has 5 heteroatoms. The number of fused-ring (bicyclic) bond motifs is 1. The Bertz CT molecular complexity index is 810. The molecule has 1 saturated carbocycles. The minimum Gasteiger partial charge on any atom is -0.373 e. The molecule has 2 heterocycles. The van der Waals surface area contributed by atoms with Gasteiger partial charge in [-0.1, -0.05) is 44.2 Å². The zero-order chi connectivity index (χ0) is 17.3. The van der Waals surface area contributed by atoms with Gasteiger partial charge < -0.3 is 10.1 Å². The SMILES string of the molecule is CC1(C)C(NCc2cn3cccnc3n2)CC1OCc1ccccc1. The number of rotatable bonds is 6. The highest BCUT2D eigenvalue weighted by Gasteiger charge is 2.48. The van der Waals surface area contributed by atoms with Crippen LogP contribution in [0.15, 0.2) is 55.0 Å². The number of ether oxygens (including phenoxy) is 1. The molecule has 1 aliphatic carbocycles. The molecule has 3 aromatic rings. The minimum absolute atomic E-state index is 0.117. The molecule has 1 fully saturated rings. The van der Waals surface area contributed by atoms with Crippen LogP contribution in [0.2, 0.25) is 0 Å². The first-order valence-electron chi connectivity index (χ1n) is 8.80. The summed E-state index contributed by atoms with van der Waals surface area (Å²) < 4.78 is 8.09. The molecule has 1 aliphatic rings. The lowest BCUT2D eigenvalue weighted by molar-refractivity contribution is -0.125. The van der Waals surface area contributed by atoms with Crippen LogP contribution in [0.3, 0.4) is 0 Å². The Morgan fingerprint density at radius 2 is 2.08 bits per heavy atom. The summed E-state index contributed by atoms with van der Waals surface area (Å²) in [5.41, 5.74) is 2.36. The predicted octanol–water partition coefficient (Wildman–Crippen LogP) is 3.20. The van der Waals surface area contributed by atoms with E-state index in [2.05, 4.69) is 53.4 Å². The summed E-state index contributed by atoms with van der Waals surface area (Å²) in [6, 6.07) is 12.7. The smallest absolute Gasteiger partial charge is 0.233 e. The zero-order valence-electron chi connectivity index (χ0n) is 14.7. The lowest BCUT2D eigenvalue weighted by Crippen LogP contribution is -2.60. The number of nitrogens with zero attached hydrogens (tertiary/aromatic N) is 3. The fourth-order valence-electron chi connectivity index (χ4n) is 3.48. The van der Waals surface area contributed by atoms with E-state index >= 15 is 0 Å². The maximum atomic E-state index is 6.14. The number of hydrogen-bond donors (Lipinski definition) is 1. The van der Waals surface area contributed by atoms with E-state index in [9.17, 15) is 0 Å². The van der Waals surface area contributed by atoms with Gasteiger partial charge in [-0.3, -0.25) is 4.40 Å². The van der Waals surface area contributed by atoms with Crippen molar-refractivity contribution >= 4 is 5.78 Å². The van der Waals surface area contributed by atoms with Crippen LogP contribution in [0.5, 0.6) is 0 Å². The van der Waals surface area contributed by atoms with E-state index in [4.69, 9.17) is 4.74 Å². The number of imidazole rings is 1. The van der Waals surface area contributed by atoms with Crippen LogP contribution in [0.25, 0.3) is 5.78 Å². The normalized spacial score (nSPS) is 22.0. The zero-order valence-corrected chi connectivity index (χ0v) is 14.7. The highest BCUT2D eigenvalue weighted by Crippen LogP contribution is 2.43. The molecular formula is C20H24N4O. The number of hydrogen-bond acceptors (Lipinski definition) is 4. The van der Waals surface area contributed by atoms with Crippen LogP contribution in [0.4, 0.5) is 0 Å². The number of nitrogens with one attached hydrogen (secondary N) is 1. The van der Waals surface area contributed by atoms with E-state index in [0.717, 1.165) is 24.4 Å². The summed E-state index contributed by atoms with van der Waals surface area (Å²) in [6.07, 6.45) is 7.09. The summed E-state index contributed by atoms with van der Waals surface area (Å²) in [5, 5.41) is 3.63. The van der Waals surface area contributed by atoms with E-state index in [0.29, 0.717) is 12.6 Å². The number of aromatic nitrogens is 3. The fraction of sp³-hybridized carbons (Fsp3) is 0.400. The van der Waals surface area contributed by atoms with Crippen LogP contribution in [0, 0.1) is 5.41 Å². The van der Waals surface area contributed by atoms with Gasteiger partial charge in [0.1, 0.15) is 0 Å². The van der Waals surface area contributed by atoms with Gasteiger partial charge in [0.05, 0.1) is 18.4 Å². The second kappa shape index (κ2) is 6.58. The van der Waals surface area contributed by atoms with Crippen molar-refractivity contribution in [2.45, 2.75) is 45.6 Å². The average Bonchev–Trinajstić information content (AvgIpc) is 3.04. The van der Waals surface area contributed by atoms with Gasteiger partial charge in [0.25, 0.3) is 0 Å². The summed E-state index contributed by atoms with van der Waals surface area (Å²) in [7, 11) is 0. The molecule has 0 bridgehead atoms. The standard InChI is InChI=1S/C20H24N4O/c1-20(2)17(11-18(20)25-14-15-7-4-3-5-8-15)22-12-16-13-24-10-6-9-21-19(24)23-16/h3-10,13,17-18,22H,11-12,14H2,1-2H3. The van der Waals surface area contributed by atoms with Gasteiger partial charge in [-0.25, -0.2) is 9.97 Å². The van der Waals surface area contributed by atoms with E-state index in [-0.39, 0.29) is 11.5 Å². The largest absolute Gasteiger partial charge is 0.373 e. The van der Waals surface area contributed by atoms with Crippen LogP contribution >= 0.6 is 0 Å². The third-order valence-corrected chi connectivity index (χ3v) is 5.29. The summed E-state index contributed by atoms with van der Waals surface area (Å²) >= 11 is 0. The first kappa shape index (κ1) is 16.2. The number of benzene rings is 1. The van der Waals surface area contributed by atoms with E-state index in [1.54, 1.807) is 6.20 Å². The first-order valence-corrected chi connectivity index (χ1v) is 8.80. The quantitative estimate of drug-likeness (QED) is 0.751. The first-order chi connectivity index (χ1) is 12.1. The van der Waals surface area contributed by atoms with Gasteiger partial charge in [-0.15, -0.1) is 0 Å². The van der Waals surface area contributed by atoms with E-state index < -0.39 is 0 Å². The molecule has 2 aromatic heterocycles. The van der Waals surface area contributed by atoms with E-state index in [1.165, 1.54) is 5.56 Å². The van der Waals surface area contributed by atoms with Gasteiger partial charge in [0.2, 0.25) is 5.78 Å². The third kappa shape index (κ3) is 3.30. The van der Waals surface area contributed by atoms with Crippen LogP contribution in [-0.2, 0) is 17.9 Å². The second-order valence-corrected chi connectivity index (χ2v) is 7.34. The lowest BCUT2D eigenvalue weighted by Gasteiger charge is -2.52. The van der Waals surface area contributed by atoms with Crippen molar-refractivity contribution in [3.8, 4) is 0 Å². The Hall–Kier alpha value is -2.24. The Kier molecular flexibility index (Phi) is 4.27. The Morgan fingerprint density at radius 3 is 2.84 bits per heavy atom. The van der Waals surface area contributed by atoms with Crippen molar-refractivity contribution in [2.75, 3.05) is 0 Å². The Morgan fingerprint density at radius 1 is 1.24 bits per heavy atom. The van der Waals surface area contributed by atoms with Gasteiger partial charge in [-0.05, 0) is 18.1 Å². The van der Waals surface area contributed by atoms with Gasteiger partial charge in [0, 0.05) is 36.6 Å². The van der Waals surface area contributed by atoms with Crippen molar-refractivity contribution in [3.63, 3.8) is 0 Å². The Labute approximate surface area is 148 Å². The van der Waals surface area contributed by atoms with Crippen molar-refractivity contribution in [1.82, 2.24) is 19.7 Å². The molecule has 4 rings (SSSR count). The van der Waals surface area contributed by atoms with E-state index in [1.807, 2.05) is 28.9 Å². The van der Waals surface area contributed by atoms with Crippen LogP contribution in [-0.4, -0.2) is 26.5 Å². The molecule has 130 valence electrons. The molecule has 2 unspecified atom stereocenters. The van der Waals surface area contributed by atoms with Crippen LogP contribution in [0.1, 0.15) is 31.5 Å². The molecule has 5 nitrogen and oxygen atoms in total. The minimum atomic E-state index is 0.117. The molecule has 1 N–H and O–H groups in total. The van der Waals surface area contributed by atoms with Crippen molar-refractivity contribution in [1.29, 1.82) is 0 Å². The molecule has 2 atom stereocenters. The maximum absolute atomic E-state index is 6.14. The monoisotopic (exact) mass is 336 g/mol. The molecule has 0 saturated heterocycles. The predicted molar refractivity (Wildman–Crippen MR) is 97.0 cm³/mol. The summed E-state index contributed by atoms with van der Waals surface area (Å²) in [6.45, 7) is 5.98. The average molecular weight is 336 g/mol. The van der Waals surface area contributed by atoms with Crippen molar-refractivity contribution in [3.05, 3.63) is 66.2 Å².